The lowest BCUT2D eigenvalue weighted by Crippen LogP contribution is -2.32. The minimum atomic E-state index is -0.575. The molecule has 6 aromatic rings. The number of hydrogen-bond acceptors (Lipinski definition) is 6. The molecule has 0 saturated heterocycles. The first-order chi connectivity index (χ1) is 23.0. The zero-order valence-electron chi connectivity index (χ0n) is 26.4. The standard InChI is InChI=1S/C37H32BrFN6O3/c1-37(2,3)48-36(47)40-21-23-4-6-27(7-5-23)34(46)42-29-16-18-30(19-17-29)43-35-44-32(20-33-31(38)22-41-45(33)35)26-10-8-24(9-11-26)25-12-14-28(39)15-13-25/h4-20,22H,21H2,1-3H3,(H,40,47)(H,42,46)(H,43,44). The Morgan fingerprint density at radius 1 is 0.833 bits per heavy atom. The molecule has 0 radical (unpaired) electrons. The average Bonchev–Trinajstić information content (AvgIpc) is 3.45. The number of nitrogens with one attached hydrogen (secondary N) is 3. The van der Waals surface area contributed by atoms with Gasteiger partial charge in [-0.25, -0.2) is 14.2 Å². The topological polar surface area (TPSA) is 110 Å². The maximum Gasteiger partial charge on any atom is 0.407 e. The number of benzene rings is 4. The summed E-state index contributed by atoms with van der Waals surface area (Å²) in [7, 11) is 0. The summed E-state index contributed by atoms with van der Waals surface area (Å²) < 4.78 is 21.2. The highest BCUT2D eigenvalue weighted by molar-refractivity contribution is 9.10. The van der Waals surface area contributed by atoms with Gasteiger partial charge in [0.15, 0.2) is 0 Å². The number of anilines is 3. The molecule has 0 aliphatic rings. The molecule has 2 amide bonds. The predicted molar refractivity (Wildman–Crippen MR) is 189 cm³/mol. The van der Waals surface area contributed by atoms with Gasteiger partial charge < -0.3 is 20.7 Å². The van der Waals surface area contributed by atoms with Crippen LogP contribution in [0.5, 0.6) is 0 Å². The van der Waals surface area contributed by atoms with Gasteiger partial charge in [0.1, 0.15) is 11.4 Å². The number of alkyl carbamates (subject to hydrolysis) is 1. The lowest BCUT2D eigenvalue weighted by atomic mass is 10.0. The Kier molecular flexibility index (Phi) is 9.22. The van der Waals surface area contributed by atoms with Gasteiger partial charge in [0.05, 0.1) is 21.9 Å². The third kappa shape index (κ3) is 7.87. The zero-order valence-corrected chi connectivity index (χ0v) is 28.0. The summed E-state index contributed by atoms with van der Waals surface area (Å²) in [5.74, 6) is -0.0210. The number of amides is 2. The summed E-state index contributed by atoms with van der Waals surface area (Å²) in [6, 6.07) is 30.6. The first-order valence-corrected chi connectivity index (χ1v) is 15.9. The quantitative estimate of drug-likeness (QED) is 0.146. The predicted octanol–water partition coefficient (Wildman–Crippen LogP) is 8.99. The number of carbonyl (C=O) groups excluding carboxylic acids is 2. The lowest BCUT2D eigenvalue weighted by Gasteiger charge is -2.19. The molecule has 0 bridgehead atoms. The molecule has 0 atom stereocenters. The molecule has 0 fully saturated rings. The van der Waals surface area contributed by atoms with Crippen molar-refractivity contribution in [3.8, 4) is 22.4 Å². The van der Waals surface area contributed by atoms with Crippen molar-refractivity contribution >= 4 is 50.8 Å². The molecule has 242 valence electrons. The summed E-state index contributed by atoms with van der Waals surface area (Å²) in [5, 5.41) is 13.4. The van der Waals surface area contributed by atoms with E-state index in [2.05, 4.69) is 37.0 Å². The summed E-state index contributed by atoms with van der Waals surface area (Å²) in [6.07, 6.45) is 1.22. The number of fused-ring (bicyclic) bond motifs is 1. The largest absolute Gasteiger partial charge is 0.444 e. The maximum atomic E-state index is 13.4. The van der Waals surface area contributed by atoms with Gasteiger partial charge in [-0.2, -0.15) is 9.61 Å². The summed E-state index contributed by atoms with van der Waals surface area (Å²) in [6.45, 7) is 5.70. The molecule has 4 aromatic carbocycles. The van der Waals surface area contributed by atoms with Gasteiger partial charge in [-0.3, -0.25) is 4.79 Å². The number of carbonyl (C=O) groups is 2. The van der Waals surface area contributed by atoms with E-state index in [0.29, 0.717) is 17.2 Å². The van der Waals surface area contributed by atoms with E-state index in [9.17, 15) is 14.0 Å². The van der Waals surface area contributed by atoms with Crippen molar-refractivity contribution in [2.75, 3.05) is 10.6 Å². The summed E-state index contributed by atoms with van der Waals surface area (Å²) in [5.41, 5.74) is 6.50. The molecule has 11 heteroatoms. The van der Waals surface area contributed by atoms with Gasteiger partial charge >= 0.3 is 6.09 Å². The summed E-state index contributed by atoms with van der Waals surface area (Å²) >= 11 is 3.59. The fraction of sp³-hybridized carbons (Fsp3) is 0.135. The minimum Gasteiger partial charge on any atom is -0.444 e. The van der Waals surface area contributed by atoms with Crippen molar-refractivity contribution in [1.82, 2.24) is 19.9 Å². The van der Waals surface area contributed by atoms with Gasteiger partial charge in [-0.1, -0.05) is 48.5 Å². The molecule has 2 heterocycles. The Hall–Kier alpha value is -5.55. The molecule has 0 aliphatic heterocycles. The Morgan fingerprint density at radius 3 is 2.08 bits per heavy atom. The van der Waals surface area contributed by atoms with Crippen molar-refractivity contribution in [3.05, 3.63) is 131 Å². The van der Waals surface area contributed by atoms with Crippen LogP contribution in [0.4, 0.5) is 26.5 Å². The molecule has 0 aliphatic carbocycles. The number of rotatable bonds is 8. The van der Waals surface area contributed by atoms with Crippen molar-refractivity contribution in [3.63, 3.8) is 0 Å². The van der Waals surface area contributed by atoms with Crippen LogP contribution in [0.2, 0.25) is 0 Å². The molecule has 6 rings (SSSR count). The van der Waals surface area contributed by atoms with E-state index in [1.807, 2.05) is 42.5 Å². The van der Waals surface area contributed by atoms with Crippen molar-refractivity contribution < 1.29 is 18.7 Å². The van der Waals surface area contributed by atoms with E-state index in [-0.39, 0.29) is 18.3 Å². The number of halogens is 2. The van der Waals surface area contributed by atoms with E-state index >= 15 is 0 Å². The van der Waals surface area contributed by atoms with Crippen LogP contribution in [0.1, 0.15) is 36.7 Å². The second-order valence-corrected chi connectivity index (χ2v) is 12.9. The molecule has 0 unspecified atom stereocenters. The number of hydrogen-bond donors (Lipinski definition) is 3. The number of aromatic nitrogens is 3. The van der Waals surface area contributed by atoms with E-state index in [4.69, 9.17) is 9.72 Å². The van der Waals surface area contributed by atoms with Gasteiger partial charge in [-0.15, -0.1) is 0 Å². The van der Waals surface area contributed by atoms with Gasteiger partial charge in [0, 0.05) is 29.0 Å². The highest BCUT2D eigenvalue weighted by Gasteiger charge is 2.16. The first-order valence-electron chi connectivity index (χ1n) is 15.2. The Balaban J connectivity index is 1.12. The number of nitrogens with zero attached hydrogens (tertiary/aromatic N) is 3. The van der Waals surface area contributed by atoms with Crippen LogP contribution in [0.25, 0.3) is 27.9 Å². The molecule has 48 heavy (non-hydrogen) atoms. The maximum absolute atomic E-state index is 13.4. The monoisotopic (exact) mass is 706 g/mol. The molecule has 3 N–H and O–H groups in total. The molecule has 0 saturated carbocycles. The van der Waals surface area contributed by atoms with Crippen molar-refractivity contribution in [2.45, 2.75) is 32.9 Å². The smallest absolute Gasteiger partial charge is 0.407 e. The van der Waals surface area contributed by atoms with Crippen LogP contribution in [0.15, 0.2) is 114 Å². The third-order valence-electron chi connectivity index (χ3n) is 7.27. The van der Waals surface area contributed by atoms with E-state index in [0.717, 1.165) is 43.6 Å². The molecule has 9 nitrogen and oxygen atoms in total. The zero-order chi connectivity index (χ0) is 33.8. The first kappa shape index (κ1) is 32.4. The van der Waals surface area contributed by atoms with Gasteiger partial charge in [0.25, 0.3) is 5.91 Å². The Labute approximate surface area is 285 Å². The summed E-state index contributed by atoms with van der Waals surface area (Å²) in [4.78, 5) is 29.7. The molecular formula is C37H32BrFN6O3. The van der Waals surface area contributed by atoms with Crippen LogP contribution in [0, 0.1) is 5.82 Å². The van der Waals surface area contributed by atoms with Gasteiger partial charge in [-0.05, 0) is 108 Å². The van der Waals surface area contributed by atoms with Crippen molar-refractivity contribution in [1.29, 1.82) is 0 Å². The van der Waals surface area contributed by atoms with Gasteiger partial charge in [0.2, 0.25) is 5.95 Å². The van der Waals surface area contributed by atoms with E-state index in [1.54, 1.807) is 80.0 Å². The molecular weight excluding hydrogens is 675 g/mol. The fourth-order valence-electron chi connectivity index (χ4n) is 4.90. The van der Waals surface area contributed by atoms with E-state index in [1.165, 1.54) is 12.1 Å². The highest BCUT2D eigenvalue weighted by atomic mass is 79.9. The van der Waals surface area contributed by atoms with Crippen LogP contribution < -0.4 is 16.0 Å². The van der Waals surface area contributed by atoms with Crippen LogP contribution in [-0.4, -0.2) is 32.2 Å². The van der Waals surface area contributed by atoms with Crippen LogP contribution in [0.3, 0.4) is 0 Å². The molecule has 0 spiro atoms. The minimum absolute atomic E-state index is 0.259. The number of ether oxygens (including phenoxy) is 1. The lowest BCUT2D eigenvalue weighted by molar-refractivity contribution is 0.0523. The second-order valence-electron chi connectivity index (χ2n) is 12.0. The van der Waals surface area contributed by atoms with Crippen LogP contribution in [-0.2, 0) is 11.3 Å². The molecule has 2 aromatic heterocycles. The average molecular weight is 708 g/mol. The second kappa shape index (κ2) is 13.7. The Bertz CT molecular complexity index is 2070. The van der Waals surface area contributed by atoms with Crippen LogP contribution >= 0.6 is 15.9 Å². The third-order valence-corrected chi connectivity index (χ3v) is 7.88. The Morgan fingerprint density at radius 2 is 1.44 bits per heavy atom. The normalized spacial score (nSPS) is 11.3. The van der Waals surface area contributed by atoms with E-state index < -0.39 is 11.7 Å². The van der Waals surface area contributed by atoms with Crippen molar-refractivity contribution in [2.24, 2.45) is 0 Å². The highest BCUT2D eigenvalue weighted by Crippen LogP contribution is 2.30. The fourth-order valence-corrected chi connectivity index (χ4v) is 5.27. The SMILES string of the molecule is CC(C)(C)OC(=O)NCc1ccc(C(=O)Nc2ccc(Nc3nc(-c4ccc(-c5ccc(F)cc5)cc4)cc4c(Br)cnn34)cc2)cc1.